The predicted octanol–water partition coefficient (Wildman–Crippen LogP) is 1.90. The van der Waals surface area contributed by atoms with E-state index in [0.29, 0.717) is 29.2 Å². The van der Waals surface area contributed by atoms with Crippen LogP contribution in [0.5, 0.6) is 0 Å². The Morgan fingerprint density at radius 3 is 2.52 bits per heavy atom. The largest absolute Gasteiger partial charge is 0.382 e. The number of hydrogen-bond donors (Lipinski definition) is 1. The zero-order valence-corrected chi connectivity index (χ0v) is 12.7. The number of fused-ring (bicyclic) bond motifs is 2. The summed E-state index contributed by atoms with van der Waals surface area (Å²) in [6.45, 7) is 3.15. The van der Waals surface area contributed by atoms with Gasteiger partial charge in [0.1, 0.15) is 0 Å². The van der Waals surface area contributed by atoms with Gasteiger partial charge >= 0.3 is 0 Å². The highest BCUT2D eigenvalue weighted by atomic mass is 16.1. The van der Waals surface area contributed by atoms with E-state index in [0.717, 1.165) is 18.5 Å². The lowest BCUT2D eigenvalue weighted by Gasteiger charge is -2.15. The molecule has 0 unspecified atom stereocenters. The summed E-state index contributed by atoms with van der Waals surface area (Å²) in [5.41, 5.74) is 8.74. The maximum absolute atomic E-state index is 12.5. The highest BCUT2D eigenvalue weighted by Gasteiger charge is 2.24. The molecule has 4 rings (SSSR count). The zero-order valence-electron chi connectivity index (χ0n) is 12.7. The van der Waals surface area contributed by atoms with Crippen LogP contribution in [0.4, 0.5) is 11.5 Å². The van der Waals surface area contributed by atoms with Crippen molar-refractivity contribution in [1.29, 1.82) is 0 Å². The van der Waals surface area contributed by atoms with E-state index in [4.69, 9.17) is 5.73 Å². The summed E-state index contributed by atoms with van der Waals surface area (Å²) in [4.78, 5) is 29.2. The number of benzene rings is 1. The van der Waals surface area contributed by atoms with Crippen LogP contribution in [0.15, 0.2) is 45.7 Å². The summed E-state index contributed by atoms with van der Waals surface area (Å²) >= 11 is 0. The van der Waals surface area contributed by atoms with Gasteiger partial charge in [-0.2, -0.15) is 0 Å². The third kappa shape index (κ3) is 1.91. The number of carbonyl (C=O) groups excluding carboxylic acids is 1. The SMILES string of the molecule is CC1=CC(=Nc2c(N)n3n(c2=O)CCC3)c2ccccc2C1=O. The van der Waals surface area contributed by atoms with Crippen molar-refractivity contribution in [3.8, 4) is 0 Å². The van der Waals surface area contributed by atoms with Crippen LogP contribution < -0.4 is 11.3 Å². The molecule has 0 radical (unpaired) electrons. The Morgan fingerprint density at radius 1 is 1.09 bits per heavy atom. The van der Waals surface area contributed by atoms with Gasteiger partial charge in [0.15, 0.2) is 17.3 Å². The molecule has 0 fully saturated rings. The molecule has 2 aliphatic rings. The molecule has 1 aromatic heterocycles. The van der Waals surface area contributed by atoms with Crippen LogP contribution in [0.1, 0.15) is 29.3 Å². The van der Waals surface area contributed by atoms with Gasteiger partial charge in [-0.25, -0.2) is 9.67 Å². The average molecular weight is 308 g/mol. The second-order valence-corrected chi connectivity index (χ2v) is 5.84. The third-order valence-electron chi connectivity index (χ3n) is 4.38. The molecule has 6 heteroatoms. The van der Waals surface area contributed by atoms with Crippen LogP contribution in [0.2, 0.25) is 0 Å². The first-order valence-corrected chi connectivity index (χ1v) is 7.58. The molecule has 0 atom stereocenters. The molecule has 1 aliphatic carbocycles. The number of nitrogen functional groups attached to an aromatic ring is 1. The molecule has 1 aromatic carbocycles. The predicted molar refractivity (Wildman–Crippen MR) is 88.4 cm³/mol. The van der Waals surface area contributed by atoms with Gasteiger partial charge in [-0.15, -0.1) is 0 Å². The molecular formula is C17H16N4O2. The number of carbonyl (C=O) groups is 1. The topological polar surface area (TPSA) is 82.4 Å². The van der Waals surface area contributed by atoms with E-state index in [2.05, 4.69) is 4.99 Å². The summed E-state index contributed by atoms with van der Waals surface area (Å²) in [6.07, 6.45) is 2.63. The van der Waals surface area contributed by atoms with Gasteiger partial charge < -0.3 is 5.73 Å². The van der Waals surface area contributed by atoms with E-state index in [1.165, 1.54) is 0 Å². The first-order valence-electron chi connectivity index (χ1n) is 7.58. The maximum Gasteiger partial charge on any atom is 0.294 e. The van der Waals surface area contributed by atoms with Crippen molar-refractivity contribution in [2.45, 2.75) is 26.4 Å². The van der Waals surface area contributed by atoms with Gasteiger partial charge in [0.2, 0.25) is 0 Å². The summed E-state index contributed by atoms with van der Waals surface area (Å²) in [6, 6.07) is 7.29. The van der Waals surface area contributed by atoms with Crippen molar-refractivity contribution in [1.82, 2.24) is 9.36 Å². The molecule has 0 saturated carbocycles. The van der Waals surface area contributed by atoms with Gasteiger partial charge in [0, 0.05) is 24.2 Å². The molecule has 116 valence electrons. The quantitative estimate of drug-likeness (QED) is 0.873. The summed E-state index contributed by atoms with van der Waals surface area (Å²) in [7, 11) is 0. The molecule has 1 aliphatic heterocycles. The van der Waals surface area contributed by atoms with E-state index in [1.54, 1.807) is 28.4 Å². The highest BCUT2D eigenvalue weighted by Crippen LogP contribution is 2.26. The molecule has 23 heavy (non-hydrogen) atoms. The number of anilines is 1. The van der Waals surface area contributed by atoms with Crippen molar-refractivity contribution in [3.05, 3.63) is 57.4 Å². The average Bonchev–Trinajstić information content (AvgIpc) is 3.12. The van der Waals surface area contributed by atoms with E-state index >= 15 is 0 Å². The van der Waals surface area contributed by atoms with Crippen LogP contribution in [0, 0.1) is 0 Å². The first-order chi connectivity index (χ1) is 11.1. The fraction of sp³-hybridized carbons (Fsp3) is 0.235. The van der Waals surface area contributed by atoms with Crippen LogP contribution in [-0.2, 0) is 13.1 Å². The maximum atomic E-state index is 12.5. The van der Waals surface area contributed by atoms with Crippen molar-refractivity contribution in [3.63, 3.8) is 0 Å². The normalized spacial score (nSPS) is 18.0. The Kier molecular flexibility index (Phi) is 2.87. The molecule has 0 amide bonds. The van der Waals surface area contributed by atoms with Crippen molar-refractivity contribution in [2.24, 2.45) is 4.99 Å². The molecule has 0 bridgehead atoms. The van der Waals surface area contributed by atoms with Gasteiger partial charge in [0.05, 0.1) is 5.71 Å². The van der Waals surface area contributed by atoms with E-state index in [1.807, 2.05) is 18.2 Å². The Hall–Kier alpha value is -2.89. The fourth-order valence-electron chi connectivity index (χ4n) is 3.21. The van der Waals surface area contributed by atoms with Crippen molar-refractivity contribution in [2.75, 3.05) is 5.73 Å². The highest BCUT2D eigenvalue weighted by molar-refractivity contribution is 6.26. The molecular weight excluding hydrogens is 292 g/mol. The van der Waals surface area contributed by atoms with Crippen LogP contribution in [0.25, 0.3) is 0 Å². The Bertz CT molecular complexity index is 959. The van der Waals surface area contributed by atoms with Gasteiger partial charge in [-0.3, -0.25) is 14.3 Å². The number of aromatic nitrogens is 2. The van der Waals surface area contributed by atoms with E-state index in [9.17, 15) is 9.59 Å². The monoisotopic (exact) mass is 308 g/mol. The molecule has 0 saturated heterocycles. The number of hydrogen-bond acceptors (Lipinski definition) is 4. The number of allylic oxidation sites excluding steroid dienone is 2. The smallest absolute Gasteiger partial charge is 0.294 e. The molecule has 6 nitrogen and oxygen atoms in total. The minimum absolute atomic E-state index is 0.0105. The van der Waals surface area contributed by atoms with Crippen molar-refractivity contribution < 1.29 is 4.79 Å². The second kappa shape index (κ2) is 4.81. The van der Waals surface area contributed by atoms with Crippen molar-refractivity contribution >= 4 is 23.0 Å². The number of nitrogens with zero attached hydrogens (tertiary/aromatic N) is 3. The summed E-state index contributed by atoms with van der Waals surface area (Å²) in [5, 5.41) is 0. The molecule has 2 N–H and O–H groups in total. The zero-order chi connectivity index (χ0) is 16.1. The van der Waals surface area contributed by atoms with Crippen LogP contribution >= 0.6 is 0 Å². The number of aliphatic imine (C=N–C) groups is 1. The molecule has 0 spiro atoms. The van der Waals surface area contributed by atoms with E-state index < -0.39 is 0 Å². The number of Topliss-reactive ketones (excluding diaryl/α,β-unsaturated/α-hetero) is 1. The number of ketones is 1. The van der Waals surface area contributed by atoms with Crippen LogP contribution in [0.3, 0.4) is 0 Å². The lowest BCUT2D eigenvalue weighted by Crippen LogP contribution is -2.18. The summed E-state index contributed by atoms with van der Waals surface area (Å²) < 4.78 is 3.41. The minimum atomic E-state index is -0.173. The summed E-state index contributed by atoms with van der Waals surface area (Å²) in [5.74, 6) is 0.379. The lowest BCUT2D eigenvalue weighted by molar-refractivity contribution is 0.103. The minimum Gasteiger partial charge on any atom is -0.382 e. The third-order valence-corrected chi connectivity index (χ3v) is 4.38. The fourth-order valence-corrected chi connectivity index (χ4v) is 3.21. The first kappa shape index (κ1) is 13.8. The lowest BCUT2D eigenvalue weighted by atomic mass is 9.90. The Morgan fingerprint density at radius 2 is 1.78 bits per heavy atom. The van der Waals surface area contributed by atoms with Gasteiger partial charge in [-0.05, 0) is 25.0 Å². The standard InChI is InChI=1S/C17H16N4O2/c1-10-9-13(11-5-2-3-6-12(11)15(10)22)19-14-16(18)20-7-4-8-21(20)17(14)23/h2-3,5-6,9H,4,7-8,18H2,1H3. The van der Waals surface area contributed by atoms with E-state index in [-0.39, 0.29) is 17.0 Å². The van der Waals surface area contributed by atoms with Crippen LogP contribution in [-0.4, -0.2) is 20.9 Å². The Balaban J connectivity index is 1.93. The van der Waals surface area contributed by atoms with Gasteiger partial charge in [-0.1, -0.05) is 24.3 Å². The molecule has 2 heterocycles. The number of rotatable bonds is 1. The number of nitrogens with two attached hydrogens (primary N) is 1. The second-order valence-electron chi connectivity index (χ2n) is 5.84. The Labute approximate surface area is 132 Å². The molecule has 2 aromatic rings. The van der Waals surface area contributed by atoms with Gasteiger partial charge in [0.25, 0.3) is 5.56 Å².